The maximum absolute atomic E-state index is 12.3. The minimum Gasteiger partial charge on any atom is -0.351 e. The van der Waals surface area contributed by atoms with Gasteiger partial charge in [0.2, 0.25) is 5.91 Å². The molecule has 7 heteroatoms. The van der Waals surface area contributed by atoms with Gasteiger partial charge in [0, 0.05) is 37.0 Å². The molecule has 1 fully saturated rings. The van der Waals surface area contributed by atoms with Gasteiger partial charge in [0.1, 0.15) is 0 Å². The van der Waals surface area contributed by atoms with Crippen molar-refractivity contribution >= 4 is 34.9 Å². The Bertz CT molecular complexity index is 537. The molecule has 0 spiro atoms. The summed E-state index contributed by atoms with van der Waals surface area (Å²) in [5, 5.41) is 2.97. The molecule has 0 atom stereocenters. The Morgan fingerprint density at radius 1 is 1.30 bits per heavy atom. The van der Waals surface area contributed by atoms with E-state index < -0.39 is 0 Å². The van der Waals surface area contributed by atoms with Crippen molar-refractivity contribution in [1.82, 2.24) is 15.1 Å². The zero-order chi connectivity index (χ0) is 16.8. The van der Waals surface area contributed by atoms with Gasteiger partial charge in [-0.25, -0.2) is 4.79 Å². The number of hydrogen-bond donors (Lipinski definition) is 1. The minimum atomic E-state index is -0.00816. The number of thiophene rings is 1. The number of carbonyl (C=O) groups excluding carboxylic acids is 2. The molecule has 0 bridgehead atoms. The van der Waals surface area contributed by atoms with Crippen LogP contribution in [0.3, 0.4) is 0 Å². The van der Waals surface area contributed by atoms with E-state index in [9.17, 15) is 9.59 Å². The van der Waals surface area contributed by atoms with E-state index in [0.29, 0.717) is 19.6 Å². The summed E-state index contributed by atoms with van der Waals surface area (Å²) in [4.78, 5) is 29.3. The van der Waals surface area contributed by atoms with E-state index in [4.69, 9.17) is 11.6 Å². The van der Waals surface area contributed by atoms with Crippen molar-refractivity contribution < 1.29 is 9.59 Å². The molecule has 1 N–H and O–H groups in total. The van der Waals surface area contributed by atoms with Crippen LogP contribution < -0.4 is 5.32 Å². The smallest absolute Gasteiger partial charge is 0.319 e. The van der Waals surface area contributed by atoms with Crippen molar-refractivity contribution in [2.45, 2.75) is 33.2 Å². The Morgan fingerprint density at radius 3 is 2.48 bits per heavy atom. The van der Waals surface area contributed by atoms with Crippen molar-refractivity contribution in [3.8, 4) is 0 Å². The lowest BCUT2D eigenvalue weighted by Crippen LogP contribution is -2.48. The summed E-state index contributed by atoms with van der Waals surface area (Å²) in [7, 11) is 0. The summed E-state index contributed by atoms with van der Waals surface area (Å²) in [5.41, 5.74) is 0. The molecule has 0 saturated carbocycles. The number of halogens is 1. The van der Waals surface area contributed by atoms with Gasteiger partial charge in [-0.05, 0) is 38.8 Å². The molecule has 0 aliphatic carbocycles. The molecular weight excluding hydrogens is 334 g/mol. The molecule has 1 aliphatic heterocycles. The van der Waals surface area contributed by atoms with Gasteiger partial charge in [-0.2, -0.15) is 0 Å². The average Bonchev–Trinajstić information content (AvgIpc) is 2.99. The fourth-order valence-electron chi connectivity index (χ4n) is 2.79. The number of nitrogens with zero attached hydrogens (tertiary/aromatic N) is 2. The van der Waals surface area contributed by atoms with E-state index in [0.717, 1.165) is 35.1 Å². The molecular formula is C16H24ClN3O2S. The highest BCUT2D eigenvalue weighted by atomic mass is 35.5. The largest absolute Gasteiger partial charge is 0.351 e. The monoisotopic (exact) mass is 357 g/mol. The van der Waals surface area contributed by atoms with Gasteiger partial charge in [0.05, 0.1) is 10.9 Å². The zero-order valence-corrected chi connectivity index (χ0v) is 15.3. The number of piperidine rings is 1. The van der Waals surface area contributed by atoms with Crippen LogP contribution in [0.4, 0.5) is 4.79 Å². The molecule has 0 radical (unpaired) electrons. The highest BCUT2D eigenvalue weighted by Gasteiger charge is 2.28. The average molecular weight is 358 g/mol. The Morgan fingerprint density at radius 2 is 1.96 bits per heavy atom. The lowest BCUT2D eigenvalue weighted by atomic mass is 9.96. The molecule has 23 heavy (non-hydrogen) atoms. The van der Waals surface area contributed by atoms with Crippen LogP contribution in [0, 0.1) is 5.92 Å². The van der Waals surface area contributed by atoms with Gasteiger partial charge >= 0.3 is 6.03 Å². The number of hydrogen-bond acceptors (Lipinski definition) is 3. The molecule has 1 aromatic heterocycles. The molecule has 3 amide bonds. The van der Waals surface area contributed by atoms with Crippen LogP contribution in [-0.2, 0) is 11.3 Å². The van der Waals surface area contributed by atoms with Crippen LogP contribution in [0.25, 0.3) is 0 Å². The first-order chi connectivity index (χ1) is 11.0. The van der Waals surface area contributed by atoms with Gasteiger partial charge < -0.3 is 15.1 Å². The predicted molar refractivity (Wildman–Crippen MR) is 93.8 cm³/mol. The second kappa shape index (κ2) is 8.55. The lowest BCUT2D eigenvalue weighted by molar-refractivity contribution is -0.126. The Hall–Kier alpha value is -1.27. The summed E-state index contributed by atoms with van der Waals surface area (Å²) >= 11 is 7.37. The van der Waals surface area contributed by atoms with Crippen LogP contribution in [0.2, 0.25) is 4.34 Å². The summed E-state index contributed by atoms with van der Waals surface area (Å²) in [6.07, 6.45) is 1.45. The van der Waals surface area contributed by atoms with Crippen LogP contribution in [0.1, 0.15) is 31.6 Å². The fraction of sp³-hybridized carbons (Fsp3) is 0.625. The second-order valence-electron chi connectivity index (χ2n) is 5.64. The summed E-state index contributed by atoms with van der Waals surface area (Å²) in [6.45, 7) is 7.24. The van der Waals surface area contributed by atoms with Gasteiger partial charge in [0.25, 0.3) is 0 Å². The maximum Gasteiger partial charge on any atom is 0.319 e. The molecule has 2 heterocycles. The molecule has 2 rings (SSSR count). The number of likely N-dealkylation sites (tertiary alicyclic amines) is 1. The quantitative estimate of drug-likeness (QED) is 0.879. The molecule has 1 aromatic rings. The Balaban J connectivity index is 1.77. The highest BCUT2D eigenvalue weighted by molar-refractivity contribution is 7.16. The van der Waals surface area contributed by atoms with Crippen LogP contribution in [-0.4, -0.2) is 47.9 Å². The van der Waals surface area contributed by atoms with Crippen LogP contribution in [0.5, 0.6) is 0 Å². The minimum absolute atomic E-state index is 0.00816. The van der Waals surface area contributed by atoms with Gasteiger partial charge in [-0.1, -0.05) is 11.6 Å². The van der Waals surface area contributed by atoms with Crippen LogP contribution in [0.15, 0.2) is 12.1 Å². The van der Waals surface area contributed by atoms with E-state index in [2.05, 4.69) is 5.32 Å². The number of amides is 3. The zero-order valence-electron chi connectivity index (χ0n) is 13.7. The van der Waals surface area contributed by atoms with Crippen molar-refractivity contribution in [2.24, 2.45) is 5.92 Å². The van der Waals surface area contributed by atoms with Gasteiger partial charge in [-0.15, -0.1) is 11.3 Å². The topological polar surface area (TPSA) is 52.7 Å². The lowest BCUT2D eigenvalue weighted by Gasteiger charge is -2.34. The molecule has 0 unspecified atom stereocenters. The third-order valence-electron chi connectivity index (χ3n) is 4.24. The summed E-state index contributed by atoms with van der Waals surface area (Å²) < 4.78 is 0.734. The molecule has 0 aromatic carbocycles. The normalized spacial score (nSPS) is 15.5. The Kier molecular flexibility index (Phi) is 6.72. The van der Waals surface area contributed by atoms with Gasteiger partial charge in [-0.3, -0.25) is 4.79 Å². The second-order valence-corrected chi connectivity index (χ2v) is 7.44. The van der Waals surface area contributed by atoms with E-state index in [1.54, 1.807) is 0 Å². The molecule has 128 valence electrons. The molecule has 1 saturated heterocycles. The molecule has 5 nitrogen and oxygen atoms in total. The number of rotatable bonds is 5. The first kappa shape index (κ1) is 18.1. The predicted octanol–water partition coefficient (Wildman–Crippen LogP) is 3.19. The van der Waals surface area contributed by atoms with Crippen LogP contribution >= 0.6 is 22.9 Å². The van der Waals surface area contributed by atoms with E-state index in [1.165, 1.54) is 11.3 Å². The standard InChI is InChI=1S/C16H24ClN3O2S/c1-3-19(4-2)16(22)20-9-7-12(8-10-20)15(21)18-11-13-5-6-14(17)23-13/h5-6,12H,3-4,7-11H2,1-2H3,(H,18,21). The van der Waals surface area contributed by atoms with E-state index in [-0.39, 0.29) is 17.9 Å². The first-order valence-corrected chi connectivity index (χ1v) is 9.30. The fourth-order valence-corrected chi connectivity index (χ4v) is 3.82. The SMILES string of the molecule is CCN(CC)C(=O)N1CCC(C(=O)NCc2ccc(Cl)s2)CC1. The van der Waals surface area contributed by atoms with Crippen molar-refractivity contribution in [1.29, 1.82) is 0 Å². The number of carbonyl (C=O) groups is 2. The third-order valence-corrected chi connectivity index (χ3v) is 5.47. The van der Waals surface area contributed by atoms with E-state index >= 15 is 0 Å². The first-order valence-electron chi connectivity index (χ1n) is 8.10. The number of nitrogens with one attached hydrogen (secondary N) is 1. The van der Waals surface area contributed by atoms with Crippen molar-refractivity contribution in [3.63, 3.8) is 0 Å². The molecule has 1 aliphatic rings. The van der Waals surface area contributed by atoms with E-state index in [1.807, 2.05) is 35.8 Å². The third kappa shape index (κ3) is 4.85. The van der Waals surface area contributed by atoms with Crippen molar-refractivity contribution in [3.05, 3.63) is 21.3 Å². The van der Waals surface area contributed by atoms with Gasteiger partial charge in [0.15, 0.2) is 0 Å². The van der Waals surface area contributed by atoms with Crippen molar-refractivity contribution in [2.75, 3.05) is 26.2 Å². The highest BCUT2D eigenvalue weighted by Crippen LogP contribution is 2.22. The number of urea groups is 1. The Labute approximate surface area is 146 Å². The maximum atomic E-state index is 12.3. The summed E-state index contributed by atoms with van der Waals surface area (Å²) in [5.74, 6) is 0.0654. The summed E-state index contributed by atoms with van der Waals surface area (Å²) in [6, 6.07) is 3.85.